The van der Waals surface area contributed by atoms with Gasteiger partial charge >= 0.3 is 6.03 Å². The molecular weight excluding hydrogens is 438 g/mol. The summed E-state index contributed by atoms with van der Waals surface area (Å²) in [5.74, 6) is 0. The number of fused-ring (bicyclic) bond motifs is 3. The van der Waals surface area contributed by atoms with E-state index in [0.717, 1.165) is 44.5 Å². The van der Waals surface area contributed by atoms with E-state index in [9.17, 15) is 4.79 Å². The highest BCUT2D eigenvalue weighted by molar-refractivity contribution is 7.99. The van der Waals surface area contributed by atoms with E-state index in [0.29, 0.717) is 0 Å². The average molecular weight is 464 g/mol. The lowest BCUT2D eigenvalue weighted by Gasteiger charge is -2.43. The first-order chi connectivity index (χ1) is 16.7. The van der Waals surface area contributed by atoms with E-state index >= 15 is 0 Å². The van der Waals surface area contributed by atoms with Gasteiger partial charge in [0.05, 0.1) is 23.1 Å². The fourth-order valence-electron chi connectivity index (χ4n) is 4.99. The fourth-order valence-corrected chi connectivity index (χ4v) is 6.05. The Morgan fingerprint density at radius 1 is 0.765 bits per heavy atom. The SMILES string of the molecule is CC1CC(Nc2ccccc2)c2ccccc2N1C(=O)N1c2ccccc2Sc2ccccc21. The molecule has 4 aromatic carbocycles. The van der Waals surface area contributed by atoms with Crippen LogP contribution < -0.4 is 15.1 Å². The van der Waals surface area contributed by atoms with Crippen molar-refractivity contribution in [2.75, 3.05) is 15.1 Å². The molecule has 0 saturated heterocycles. The Balaban J connectivity index is 1.42. The summed E-state index contributed by atoms with van der Waals surface area (Å²) < 4.78 is 0. The third-order valence-corrected chi connectivity index (χ3v) is 7.66. The fraction of sp³-hybridized carbons (Fsp3) is 0.138. The minimum Gasteiger partial charge on any atom is -0.378 e. The van der Waals surface area contributed by atoms with Crippen molar-refractivity contribution >= 4 is 40.5 Å². The van der Waals surface area contributed by atoms with Crippen LogP contribution in [0.5, 0.6) is 0 Å². The van der Waals surface area contributed by atoms with E-state index in [2.05, 4.69) is 54.7 Å². The molecule has 0 radical (unpaired) electrons. The van der Waals surface area contributed by atoms with Gasteiger partial charge in [-0.15, -0.1) is 0 Å². The number of benzene rings is 4. The molecule has 34 heavy (non-hydrogen) atoms. The normalized spacial score (nSPS) is 18.5. The Bertz CT molecular complexity index is 1310. The zero-order valence-electron chi connectivity index (χ0n) is 18.9. The van der Waals surface area contributed by atoms with Gasteiger partial charge in [-0.05, 0) is 61.4 Å². The predicted molar refractivity (Wildman–Crippen MR) is 140 cm³/mol. The molecule has 4 nitrogen and oxygen atoms in total. The first-order valence-corrected chi connectivity index (χ1v) is 12.4. The zero-order chi connectivity index (χ0) is 23.1. The highest BCUT2D eigenvalue weighted by atomic mass is 32.2. The van der Waals surface area contributed by atoms with Crippen molar-refractivity contribution in [3.05, 3.63) is 109 Å². The second-order valence-electron chi connectivity index (χ2n) is 8.73. The molecule has 2 heterocycles. The van der Waals surface area contributed by atoms with Crippen molar-refractivity contribution in [3.8, 4) is 0 Å². The van der Waals surface area contributed by atoms with Crippen molar-refractivity contribution in [1.29, 1.82) is 0 Å². The van der Waals surface area contributed by atoms with Crippen molar-refractivity contribution in [3.63, 3.8) is 0 Å². The van der Waals surface area contributed by atoms with E-state index in [4.69, 9.17) is 0 Å². The molecule has 0 spiro atoms. The van der Waals surface area contributed by atoms with Crippen LogP contribution in [0.15, 0.2) is 113 Å². The van der Waals surface area contributed by atoms with Gasteiger partial charge in [0.1, 0.15) is 0 Å². The molecule has 2 aliphatic rings. The predicted octanol–water partition coefficient (Wildman–Crippen LogP) is 7.86. The number of urea groups is 1. The number of para-hydroxylation sites is 4. The van der Waals surface area contributed by atoms with Gasteiger partial charge in [-0.25, -0.2) is 4.79 Å². The van der Waals surface area contributed by atoms with Gasteiger partial charge < -0.3 is 5.32 Å². The van der Waals surface area contributed by atoms with E-state index in [1.807, 2.05) is 70.5 Å². The van der Waals surface area contributed by atoms with Gasteiger partial charge in [0, 0.05) is 21.5 Å². The third-order valence-electron chi connectivity index (χ3n) is 6.53. The summed E-state index contributed by atoms with van der Waals surface area (Å²) in [5.41, 5.74) is 5.07. The van der Waals surface area contributed by atoms with Crippen LogP contribution in [0, 0.1) is 0 Å². The molecule has 2 unspecified atom stereocenters. The van der Waals surface area contributed by atoms with Crippen molar-refractivity contribution in [1.82, 2.24) is 0 Å². The second kappa shape index (κ2) is 8.58. The molecule has 0 saturated carbocycles. The summed E-state index contributed by atoms with van der Waals surface area (Å²) in [5, 5.41) is 3.68. The van der Waals surface area contributed by atoms with Gasteiger partial charge in [0.15, 0.2) is 0 Å². The molecule has 2 aliphatic heterocycles. The topological polar surface area (TPSA) is 35.6 Å². The third kappa shape index (κ3) is 3.53. The Morgan fingerprint density at radius 3 is 2.00 bits per heavy atom. The maximum absolute atomic E-state index is 14.3. The van der Waals surface area contributed by atoms with Crippen LogP contribution >= 0.6 is 11.8 Å². The number of nitrogens with one attached hydrogen (secondary N) is 1. The molecule has 0 bridgehead atoms. The Morgan fingerprint density at radius 2 is 1.32 bits per heavy atom. The maximum Gasteiger partial charge on any atom is 0.333 e. The summed E-state index contributed by atoms with van der Waals surface area (Å²) >= 11 is 1.72. The average Bonchev–Trinajstić information content (AvgIpc) is 2.87. The largest absolute Gasteiger partial charge is 0.378 e. The van der Waals surface area contributed by atoms with Crippen LogP contribution in [-0.2, 0) is 0 Å². The highest BCUT2D eigenvalue weighted by Crippen LogP contribution is 2.49. The molecule has 1 N–H and O–H groups in total. The molecule has 4 aromatic rings. The van der Waals surface area contributed by atoms with E-state index < -0.39 is 0 Å². The minimum atomic E-state index is -0.0155. The highest BCUT2D eigenvalue weighted by Gasteiger charge is 2.38. The Kier molecular flexibility index (Phi) is 5.27. The first-order valence-electron chi connectivity index (χ1n) is 11.6. The molecule has 0 aliphatic carbocycles. The number of hydrogen-bond acceptors (Lipinski definition) is 3. The summed E-state index contributed by atoms with van der Waals surface area (Å²) in [7, 11) is 0. The van der Waals surface area contributed by atoms with E-state index in [1.165, 1.54) is 0 Å². The molecule has 6 rings (SSSR count). The Labute approximate surface area is 204 Å². The monoisotopic (exact) mass is 463 g/mol. The molecule has 2 atom stereocenters. The van der Waals surface area contributed by atoms with E-state index in [-0.39, 0.29) is 18.1 Å². The molecule has 0 fully saturated rings. The van der Waals surface area contributed by atoms with Gasteiger partial charge in [0.25, 0.3) is 0 Å². The number of hydrogen-bond donors (Lipinski definition) is 1. The summed E-state index contributed by atoms with van der Waals surface area (Å²) in [6.45, 7) is 2.14. The number of anilines is 4. The van der Waals surface area contributed by atoms with Crippen molar-refractivity contribution in [2.45, 2.75) is 35.2 Å². The number of nitrogens with zero attached hydrogens (tertiary/aromatic N) is 2. The lowest BCUT2D eigenvalue weighted by Crippen LogP contribution is -2.50. The van der Waals surface area contributed by atoms with Crippen molar-refractivity contribution in [2.24, 2.45) is 0 Å². The van der Waals surface area contributed by atoms with Gasteiger partial charge in [-0.3, -0.25) is 9.80 Å². The molecular formula is C29H25N3OS. The van der Waals surface area contributed by atoms with Gasteiger partial charge in [-0.2, -0.15) is 0 Å². The lowest BCUT2D eigenvalue weighted by molar-refractivity contribution is 0.250. The number of carbonyl (C=O) groups excluding carboxylic acids is 1. The summed E-state index contributed by atoms with van der Waals surface area (Å²) in [6.07, 6.45) is 0.823. The van der Waals surface area contributed by atoms with Crippen LogP contribution in [-0.4, -0.2) is 12.1 Å². The van der Waals surface area contributed by atoms with Crippen LogP contribution in [0.3, 0.4) is 0 Å². The van der Waals surface area contributed by atoms with Crippen LogP contribution in [0.4, 0.5) is 27.5 Å². The standard InChI is InChI=1S/C29H25N3OS/c1-20-19-23(30-21-11-3-2-4-12-21)22-13-5-6-14-24(22)31(20)29(33)32-25-15-7-9-17-27(25)34-28-18-10-8-16-26(28)32/h2-18,20,23,30H,19H2,1H3. The zero-order valence-corrected chi connectivity index (χ0v) is 19.7. The Hall–Kier alpha value is -3.70. The molecule has 2 amide bonds. The van der Waals surface area contributed by atoms with Crippen molar-refractivity contribution < 1.29 is 4.79 Å². The smallest absolute Gasteiger partial charge is 0.333 e. The number of carbonyl (C=O) groups is 1. The lowest BCUT2D eigenvalue weighted by atomic mass is 9.91. The quantitative estimate of drug-likeness (QED) is 0.329. The van der Waals surface area contributed by atoms with E-state index in [1.54, 1.807) is 11.8 Å². The van der Waals surface area contributed by atoms with Gasteiger partial charge in [-0.1, -0.05) is 72.4 Å². The molecule has 0 aromatic heterocycles. The summed E-state index contributed by atoms with van der Waals surface area (Å²) in [4.78, 5) is 20.4. The van der Waals surface area contributed by atoms with Gasteiger partial charge in [0.2, 0.25) is 0 Å². The molecule has 5 heteroatoms. The van der Waals surface area contributed by atoms with Crippen LogP contribution in [0.25, 0.3) is 0 Å². The first kappa shape index (κ1) is 20.9. The number of rotatable bonds is 2. The second-order valence-corrected chi connectivity index (χ2v) is 9.82. The molecule has 168 valence electrons. The minimum absolute atomic E-state index is 0.0155. The van der Waals surface area contributed by atoms with Crippen LogP contribution in [0.1, 0.15) is 24.9 Å². The summed E-state index contributed by atoms with van der Waals surface area (Å²) in [6, 6.07) is 35.0. The van der Waals surface area contributed by atoms with Crippen LogP contribution in [0.2, 0.25) is 0 Å². The maximum atomic E-state index is 14.3. The number of amides is 2.